The van der Waals surface area contributed by atoms with Gasteiger partial charge in [-0.25, -0.2) is 0 Å². The van der Waals surface area contributed by atoms with Crippen LogP contribution in [0.2, 0.25) is 0 Å². The van der Waals surface area contributed by atoms with E-state index in [0.29, 0.717) is 17.6 Å². The van der Waals surface area contributed by atoms with E-state index in [1.165, 1.54) is 56.1 Å². The number of carbonyl (C=O) groups excluding carboxylic acids is 1. The Morgan fingerprint density at radius 1 is 1.06 bits per heavy atom. The molecule has 94 valence electrons. The van der Waals surface area contributed by atoms with Gasteiger partial charge in [-0.05, 0) is 67.6 Å². The third kappa shape index (κ3) is 1.56. The summed E-state index contributed by atoms with van der Waals surface area (Å²) >= 11 is 0. The molecule has 4 rings (SSSR count). The van der Waals surface area contributed by atoms with Crippen LogP contribution in [0.3, 0.4) is 0 Å². The molecule has 1 heteroatoms. The van der Waals surface area contributed by atoms with Gasteiger partial charge in [0.25, 0.3) is 0 Å². The monoisotopic (exact) mass is 240 g/mol. The number of benzene rings is 1. The molecule has 3 aliphatic carbocycles. The van der Waals surface area contributed by atoms with E-state index in [9.17, 15) is 4.79 Å². The zero-order valence-electron chi connectivity index (χ0n) is 10.8. The summed E-state index contributed by atoms with van der Waals surface area (Å²) in [5.74, 6) is 2.36. The van der Waals surface area contributed by atoms with E-state index in [4.69, 9.17) is 0 Å². The number of hydrogen-bond acceptors (Lipinski definition) is 1. The first-order valence-corrected chi connectivity index (χ1v) is 7.47. The van der Waals surface area contributed by atoms with Crippen LogP contribution in [-0.4, -0.2) is 5.78 Å². The second-order valence-electron chi connectivity index (χ2n) is 6.48. The molecule has 0 heterocycles. The number of Topliss-reactive ketones (excluding diaryl/α,β-unsaturated/α-hetero) is 1. The van der Waals surface area contributed by atoms with Gasteiger partial charge in [-0.15, -0.1) is 0 Å². The molecule has 3 aliphatic rings. The van der Waals surface area contributed by atoms with E-state index >= 15 is 0 Å². The highest BCUT2D eigenvalue weighted by Crippen LogP contribution is 2.49. The lowest BCUT2D eigenvalue weighted by Crippen LogP contribution is -2.21. The Balaban J connectivity index is 1.61. The third-order valence-corrected chi connectivity index (χ3v) is 5.46. The average molecular weight is 240 g/mol. The fraction of sp³-hybridized carbons (Fsp3) is 0.588. The van der Waals surface area contributed by atoms with Gasteiger partial charge < -0.3 is 0 Å². The van der Waals surface area contributed by atoms with E-state index in [1.807, 2.05) is 0 Å². The summed E-state index contributed by atoms with van der Waals surface area (Å²) in [6.45, 7) is 0. The summed E-state index contributed by atoms with van der Waals surface area (Å²) in [4.78, 5) is 12.6. The molecule has 3 atom stereocenters. The molecule has 1 aromatic rings. The Labute approximate surface area is 109 Å². The van der Waals surface area contributed by atoms with Crippen LogP contribution in [0, 0.1) is 17.8 Å². The number of rotatable bonds is 2. The van der Waals surface area contributed by atoms with Crippen molar-refractivity contribution in [2.24, 2.45) is 17.8 Å². The number of fused-ring (bicyclic) bond motifs is 3. The molecule has 0 aliphatic heterocycles. The van der Waals surface area contributed by atoms with Crippen LogP contribution in [0.15, 0.2) is 18.2 Å². The lowest BCUT2D eigenvalue weighted by molar-refractivity contribution is 0.0874. The fourth-order valence-corrected chi connectivity index (χ4v) is 4.51. The highest BCUT2D eigenvalue weighted by atomic mass is 16.1. The van der Waals surface area contributed by atoms with E-state index in [2.05, 4.69) is 18.2 Å². The third-order valence-electron chi connectivity index (χ3n) is 5.46. The second kappa shape index (κ2) is 3.94. The molecule has 2 fully saturated rings. The van der Waals surface area contributed by atoms with E-state index < -0.39 is 0 Å². The first kappa shape index (κ1) is 10.8. The van der Waals surface area contributed by atoms with Crippen LogP contribution < -0.4 is 0 Å². The molecule has 3 unspecified atom stereocenters. The molecule has 2 bridgehead atoms. The van der Waals surface area contributed by atoms with Gasteiger partial charge in [-0.2, -0.15) is 0 Å². The number of ketones is 1. The van der Waals surface area contributed by atoms with Crippen molar-refractivity contribution < 1.29 is 4.79 Å². The van der Waals surface area contributed by atoms with Crippen LogP contribution in [0.1, 0.15) is 53.6 Å². The largest absolute Gasteiger partial charge is 0.294 e. The molecule has 1 nitrogen and oxygen atoms in total. The summed E-state index contributed by atoms with van der Waals surface area (Å²) in [5, 5.41) is 0. The van der Waals surface area contributed by atoms with Gasteiger partial charge in [-0.3, -0.25) is 4.79 Å². The van der Waals surface area contributed by atoms with Crippen molar-refractivity contribution in [1.29, 1.82) is 0 Å². The fourth-order valence-electron chi connectivity index (χ4n) is 4.51. The predicted octanol–water partition coefficient (Wildman–Crippen LogP) is 3.79. The van der Waals surface area contributed by atoms with Crippen molar-refractivity contribution >= 4 is 5.78 Å². The Bertz CT molecular complexity index is 502. The van der Waals surface area contributed by atoms with Crippen LogP contribution in [0.25, 0.3) is 0 Å². The highest BCUT2D eigenvalue weighted by molar-refractivity contribution is 5.98. The normalized spacial score (nSPS) is 32.8. The minimum atomic E-state index is 0.350. The summed E-state index contributed by atoms with van der Waals surface area (Å²) in [7, 11) is 0. The zero-order chi connectivity index (χ0) is 12.1. The molecule has 0 aromatic heterocycles. The minimum absolute atomic E-state index is 0.350. The van der Waals surface area contributed by atoms with Gasteiger partial charge in [0.2, 0.25) is 0 Å². The van der Waals surface area contributed by atoms with E-state index in [1.54, 1.807) is 0 Å². The Hall–Kier alpha value is -1.11. The lowest BCUT2D eigenvalue weighted by atomic mass is 9.83. The molecular weight excluding hydrogens is 220 g/mol. The maximum Gasteiger partial charge on any atom is 0.166 e. The predicted molar refractivity (Wildman–Crippen MR) is 71.7 cm³/mol. The second-order valence-corrected chi connectivity index (χ2v) is 6.48. The van der Waals surface area contributed by atoms with Crippen molar-refractivity contribution in [1.82, 2.24) is 0 Å². The highest BCUT2D eigenvalue weighted by Gasteiger charge is 2.43. The maximum absolute atomic E-state index is 12.6. The molecule has 0 amide bonds. The van der Waals surface area contributed by atoms with Crippen molar-refractivity contribution in [3.63, 3.8) is 0 Å². The van der Waals surface area contributed by atoms with E-state index in [-0.39, 0.29) is 0 Å². The Morgan fingerprint density at radius 2 is 1.94 bits per heavy atom. The standard InChI is InChI=1S/C17H20O/c18-17(16-9-11-4-5-14(16)8-11)15-7-6-12-2-1-3-13(12)10-15/h6-7,10-11,14,16H,1-5,8-9H2. The Kier molecular flexibility index (Phi) is 2.36. The summed E-state index contributed by atoms with van der Waals surface area (Å²) in [6.07, 6.45) is 8.80. The lowest BCUT2D eigenvalue weighted by Gasteiger charge is -2.20. The molecule has 0 radical (unpaired) electrons. The average Bonchev–Trinajstić information content (AvgIpc) is 3.12. The maximum atomic E-state index is 12.6. The van der Waals surface area contributed by atoms with Crippen molar-refractivity contribution in [2.75, 3.05) is 0 Å². The number of carbonyl (C=O) groups is 1. The molecule has 1 aromatic carbocycles. The van der Waals surface area contributed by atoms with Gasteiger partial charge in [0.05, 0.1) is 0 Å². The van der Waals surface area contributed by atoms with Crippen LogP contribution in [0.5, 0.6) is 0 Å². The first-order valence-electron chi connectivity index (χ1n) is 7.47. The van der Waals surface area contributed by atoms with Gasteiger partial charge in [0, 0.05) is 11.5 Å². The topological polar surface area (TPSA) is 17.1 Å². The van der Waals surface area contributed by atoms with Gasteiger partial charge >= 0.3 is 0 Å². The molecule has 0 spiro atoms. The van der Waals surface area contributed by atoms with Crippen molar-refractivity contribution in [3.8, 4) is 0 Å². The number of aryl methyl sites for hydroxylation is 2. The first-order chi connectivity index (χ1) is 8.81. The smallest absolute Gasteiger partial charge is 0.166 e. The molecule has 2 saturated carbocycles. The zero-order valence-corrected chi connectivity index (χ0v) is 10.8. The van der Waals surface area contributed by atoms with Crippen LogP contribution in [-0.2, 0) is 12.8 Å². The summed E-state index contributed by atoms with van der Waals surface area (Å²) < 4.78 is 0. The van der Waals surface area contributed by atoms with Gasteiger partial charge in [-0.1, -0.05) is 18.6 Å². The summed E-state index contributed by atoms with van der Waals surface area (Å²) in [5.41, 5.74) is 3.90. The van der Waals surface area contributed by atoms with Gasteiger partial charge in [0.1, 0.15) is 0 Å². The Morgan fingerprint density at radius 3 is 2.72 bits per heavy atom. The van der Waals surface area contributed by atoms with E-state index in [0.717, 1.165) is 11.5 Å². The van der Waals surface area contributed by atoms with Crippen LogP contribution >= 0.6 is 0 Å². The van der Waals surface area contributed by atoms with Crippen LogP contribution in [0.4, 0.5) is 0 Å². The van der Waals surface area contributed by atoms with Crippen molar-refractivity contribution in [2.45, 2.75) is 44.9 Å². The van der Waals surface area contributed by atoms with Crippen molar-refractivity contribution in [3.05, 3.63) is 34.9 Å². The quantitative estimate of drug-likeness (QED) is 0.719. The molecule has 0 saturated heterocycles. The molecule has 0 N–H and O–H groups in total. The number of hydrogen-bond donors (Lipinski definition) is 0. The SMILES string of the molecule is O=C(c1ccc2c(c1)CCC2)C1CC2CCC1C2. The molecule has 18 heavy (non-hydrogen) atoms. The summed E-state index contributed by atoms with van der Waals surface area (Å²) in [6, 6.07) is 6.47. The minimum Gasteiger partial charge on any atom is -0.294 e. The van der Waals surface area contributed by atoms with Gasteiger partial charge in [0.15, 0.2) is 5.78 Å². The molecular formula is C17H20O.